The highest BCUT2D eigenvalue weighted by Crippen LogP contribution is 2.27. The predicted molar refractivity (Wildman–Crippen MR) is 122 cm³/mol. The predicted octanol–water partition coefficient (Wildman–Crippen LogP) is 3.85. The minimum absolute atomic E-state index is 0.0101. The Hall–Kier alpha value is -3.53. The third kappa shape index (κ3) is 4.13. The highest BCUT2D eigenvalue weighted by Gasteiger charge is 2.26. The van der Waals surface area contributed by atoms with Crippen molar-refractivity contribution in [1.29, 1.82) is 0 Å². The number of amides is 1. The van der Waals surface area contributed by atoms with Crippen LogP contribution in [0.5, 0.6) is 0 Å². The fourth-order valence-corrected chi connectivity index (χ4v) is 4.61. The monoisotopic (exact) mass is 449 g/mol. The minimum Gasteiger partial charge on any atom is -0.463 e. The van der Waals surface area contributed by atoms with Gasteiger partial charge in [0.05, 0.1) is 12.0 Å². The Morgan fingerprint density at radius 3 is 2.59 bits per heavy atom. The van der Waals surface area contributed by atoms with Crippen molar-refractivity contribution in [3.63, 3.8) is 0 Å². The van der Waals surface area contributed by atoms with Crippen molar-refractivity contribution in [3.05, 3.63) is 53.4 Å². The summed E-state index contributed by atoms with van der Waals surface area (Å²) in [6.07, 6.45) is 3.12. The number of furan rings is 1. The number of carbonyl (C=O) groups is 1. The van der Waals surface area contributed by atoms with E-state index in [2.05, 4.69) is 30.5 Å². The van der Waals surface area contributed by atoms with E-state index in [1.54, 1.807) is 10.9 Å². The first-order valence-corrected chi connectivity index (χ1v) is 11.4. The van der Waals surface area contributed by atoms with E-state index in [1.807, 2.05) is 49.6 Å². The van der Waals surface area contributed by atoms with Crippen molar-refractivity contribution >= 4 is 28.2 Å². The number of carbonyl (C=O) groups excluding carboxylic acids is 1. The molecule has 1 aliphatic rings. The summed E-state index contributed by atoms with van der Waals surface area (Å²) in [7, 11) is 0. The molecule has 4 aromatic heterocycles. The number of piperidine rings is 1. The van der Waals surface area contributed by atoms with Crippen molar-refractivity contribution < 1.29 is 9.21 Å². The molecule has 1 amide bonds. The van der Waals surface area contributed by atoms with E-state index in [0.717, 1.165) is 48.8 Å². The highest BCUT2D eigenvalue weighted by molar-refractivity contribution is 7.14. The number of anilines is 2. The Kier molecular flexibility index (Phi) is 5.44. The van der Waals surface area contributed by atoms with Crippen LogP contribution < -0.4 is 10.2 Å². The van der Waals surface area contributed by atoms with Gasteiger partial charge in [0.2, 0.25) is 5.91 Å². The molecule has 0 aliphatic carbocycles. The number of aromatic nitrogens is 5. The lowest BCUT2D eigenvalue weighted by molar-refractivity contribution is -0.120. The second-order valence-corrected chi connectivity index (χ2v) is 8.71. The first-order chi connectivity index (χ1) is 15.6. The molecule has 0 spiro atoms. The maximum atomic E-state index is 12.7. The van der Waals surface area contributed by atoms with Crippen LogP contribution in [0.2, 0.25) is 0 Å². The summed E-state index contributed by atoms with van der Waals surface area (Å²) in [5.41, 5.74) is 2.70. The number of rotatable bonds is 5. The zero-order valence-corrected chi connectivity index (χ0v) is 18.7. The second-order valence-electron chi connectivity index (χ2n) is 7.85. The molecule has 0 unspecified atom stereocenters. The number of aryl methyl sites for hydroxylation is 2. The Morgan fingerprint density at radius 1 is 1.16 bits per heavy atom. The fourth-order valence-electron chi connectivity index (χ4n) is 3.91. The van der Waals surface area contributed by atoms with Crippen molar-refractivity contribution in [2.75, 3.05) is 23.3 Å². The maximum Gasteiger partial charge on any atom is 0.229 e. The molecule has 9 nitrogen and oxygen atoms in total. The normalized spacial score (nSPS) is 14.6. The van der Waals surface area contributed by atoms with Crippen molar-refractivity contribution in [2.24, 2.45) is 5.92 Å². The molecule has 4 aromatic rings. The SMILES string of the molecule is Cc1cc(C)n(-c2ccc(N3CCC(C(=O)Nc4nc(-c5ccco5)cs4)CC3)nn2)n1. The topological polar surface area (TPSA) is 102 Å². The molecule has 0 atom stereocenters. The summed E-state index contributed by atoms with van der Waals surface area (Å²) in [5, 5.41) is 18.6. The number of nitrogens with zero attached hydrogens (tertiary/aromatic N) is 6. The van der Waals surface area contributed by atoms with Gasteiger partial charge in [0.15, 0.2) is 22.5 Å². The lowest BCUT2D eigenvalue weighted by Crippen LogP contribution is -2.38. The van der Waals surface area contributed by atoms with E-state index in [4.69, 9.17) is 4.42 Å². The molecule has 0 bridgehead atoms. The molecule has 0 aromatic carbocycles. The zero-order valence-electron chi connectivity index (χ0n) is 17.9. The third-order valence-corrected chi connectivity index (χ3v) is 6.32. The van der Waals surface area contributed by atoms with Crippen LogP contribution in [0, 0.1) is 19.8 Å². The first-order valence-electron chi connectivity index (χ1n) is 10.5. The summed E-state index contributed by atoms with van der Waals surface area (Å²) in [6, 6.07) is 9.57. The van der Waals surface area contributed by atoms with Crippen LogP contribution in [0.4, 0.5) is 10.9 Å². The molecule has 5 rings (SSSR count). The van der Waals surface area contributed by atoms with Crippen molar-refractivity contribution in [3.8, 4) is 17.3 Å². The summed E-state index contributed by atoms with van der Waals surface area (Å²) < 4.78 is 7.15. The molecule has 164 valence electrons. The van der Waals surface area contributed by atoms with Gasteiger partial charge >= 0.3 is 0 Å². The van der Waals surface area contributed by atoms with Gasteiger partial charge in [-0.3, -0.25) is 4.79 Å². The molecule has 32 heavy (non-hydrogen) atoms. The molecule has 1 fully saturated rings. The van der Waals surface area contributed by atoms with Gasteiger partial charge in [-0.15, -0.1) is 21.5 Å². The Bertz CT molecular complexity index is 1210. The standard InChI is InChI=1S/C22H23N7O2S/c1-14-12-15(2)29(27-14)20-6-5-19(25-26-20)28-9-7-16(8-10-28)21(30)24-22-23-17(13-32-22)18-4-3-11-31-18/h3-6,11-13,16H,7-10H2,1-2H3,(H,23,24,30). The summed E-state index contributed by atoms with van der Waals surface area (Å²) in [4.78, 5) is 19.3. The molecular formula is C22H23N7O2S. The van der Waals surface area contributed by atoms with Gasteiger partial charge < -0.3 is 14.6 Å². The summed E-state index contributed by atoms with van der Waals surface area (Å²) in [6.45, 7) is 5.45. The van der Waals surface area contributed by atoms with E-state index in [9.17, 15) is 4.79 Å². The Labute approximate surface area is 189 Å². The van der Waals surface area contributed by atoms with E-state index < -0.39 is 0 Å². The molecule has 0 radical (unpaired) electrons. The molecule has 1 saturated heterocycles. The lowest BCUT2D eigenvalue weighted by Gasteiger charge is -2.31. The van der Waals surface area contributed by atoms with Crippen LogP contribution in [-0.4, -0.2) is 44.0 Å². The van der Waals surface area contributed by atoms with Gasteiger partial charge in [-0.25, -0.2) is 9.67 Å². The van der Waals surface area contributed by atoms with E-state index in [-0.39, 0.29) is 11.8 Å². The smallest absolute Gasteiger partial charge is 0.229 e. The molecule has 10 heteroatoms. The number of nitrogens with one attached hydrogen (secondary N) is 1. The number of hydrogen-bond acceptors (Lipinski definition) is 8. The number of thiazole rings is 1. The van der Waals surface area contributed by atoms with E-state index >= 15 is 0 Å². The van der Waals surface area contributed by atoms with Crippen molar-refractivity contribution in [2.45, 2.75) is 26.7 Å². The molecule has 5 heterocycles. The quantitative estimate of drug-likeness (QED) is 0.494. The fraction of sp³-hybridized carbons (Fsp3) is 0.318. The number of hydrogen-bond donors (Lipinski definition) is 1. The molecule has 1 N–H and O–H groups in total. The van der Waals surface area contributed by atoms with E-state index in [1.165, 1.54) is 11.3 Å². The minimum atomic E-state index is -0.0517. The summed E-state index contributed by atoms with van der Waals surface area (Å²) >= 11 is 1.40. The maximum absolute atomic E-state index is 12.7. The highest BCUT2D eigenvalue weighted by atomic mass is 32.1. The van der Waals surface area contributed by atoms with E-state index in [0.29, 0.717) is 16.7 Å². The Balaban J connectivity index is 1.17. The average molecular weight is 450 g/mol. The first kappa shape index (κ1) is 20.4. The van der Waals surface area contributed by atoms with Crippen LogP contribution in [0.1, 0.15) is 24.2 Å². The van der Waals surface area contributed by atoms with Gasteiger partial charge in [-0.2, -0.15) is 5.10 Å². The van der Waals surface area contributed by atoms with Gasteiger partial charge in [0.25, 0.3) is 0 Å². The van der Waals surface area contributed by atoms with Gasteiger partial charge in [0, 0.05) is 30.1 Å². The van der Waals surface area contributed by atoms with Crippen LogP contribution in [0.3, 0.4) is 0 Å². The average Bonchev–Trinajstić information content (AvgIpc) is 3.55. The van der Waals surface area contributed by atoms with Gasteiger partial charge in [-0.05, 0) is 57.0 Å². The van der Waals surface area contributed by atoms with Crippen LogP contribution in [0.25, 0.3) is 17.3 Å². The largest absolute Gasteiger partial charge is 0.463 e. The van der Waals surface area contributed by atoms with Crippen LogP contribution in [0.15, 0.2) is 46.4 Å². The molecular weight excluding hydrogens is 426 g/mol. The van der Waals surface area contributed by atoms with Crippen LogP contribution in [-0.2, 0) is 4.79 Å². The zero-order chi connectivity index (χ0) is 22.1. The molecule has 0 saturated carbocycles. The van der Waals surface area contributed by atoms with Gasteiger partial charge in [0.1, 0.15) is 5.69 Å². The lowest BCUT2D eigenvalue weighted by atomic mass is 9.96. The second kappa shape index (κ2) is 8.54. The Morgan fingerprint density at radius 2 is 1.94 bits per heavy atom. The summed E-state index contributed by atoms with van der Waals surface area (Å²) in [5.74, 6) is 2.17. The van der Waals surface area contributed by atoms with Crippen molar-refractivity contribution in [1.82, 2.24) is 25.0 Å². The van der Waals surface area contributed by atoms with Gasteiger partial charge in [-0.1, -0.05) is 0 Å². The molecule has 1 aliphatic heterocycles. The third-order valence-electron chi connectivity index (χ3n) is 5.56. The van der Waals surface area contributed by atoms with Crippen LogP contribution >= 0.6 is 11.3 Å².